The molecule has 1 aromatic rings. The summed E-state index contributed by atoms with van der Waals surface area (Å²) in [7, 11) is 0. The molecule has 2 aliphatic carbocycles. The summed E-state index contributed by atoms with van der Waals surface area (Å²) < 4.78 is 10.7. The third kappa shape index (κ3) is 1.56. The van der Waals surface area contributed by atoms with Crippen LogP contribution in [-0.2, 0) is 0 Å². The second kappa shape index (κ2) is 3.56. The standard InChI is InChI=1S/C14H17NO2/c1-2-10-5-9(1)6-12(10)15-11-3-4-13-14(7-11)17-8-16-13/h3-4,7,9-10,12,15H,1-2,5-6,8H2/t9-,10+,12+/m1/s1. The zero-order chi connectivity index (χ0) is 11.2. The summed E-state index contributed by atoms with van der Waals surface area (Å²) in [6.45, 7) is 0.354. The fourth-order valence-corrected chi connectivity index (χ4v) is 3.62. The molecule has 2 saturated carbocycles. The lowest BCUT2D eigenvalue weighted by Gasteiger charge is -2.24. The molecule has 1 heterocycles. The highest BCUT2D eigenvalue weighted by atomic mass is 16.7. The van der Waals surface area contributed by atoms with Crippen LogP contribution in [0.4, 0.5) is 5.69 Å². The van der Waals surface area contributed by atoms with Crippen molar-refractivity contribution in [3.63, 3.8) is 0 Å². The lowest BCUT2D eigenvalue weighted by atomic mass is 9.95. The van der Waals surface area contributed by atoms with E-state index in [1.54, 1.807) is 0 Å². The molecule has 1 aromatic carbocycles. The second-order valence-electron chi connectivity index (χ2n) is 5.49. The van der Waals surface area contributed by atoms with Gasteiger partial charge in [0.05, 0.1) is 0 Å². The molecule has 0 aromatic heterocycles. The molecule has 90 valence electrons. The molecule has 3 nitrogen and oxygen atoms in total. The Hall–Kier alpha value is -1.38. The maximum atomic E-state index is 5.40. The van der Waals surface area contributed by atoms with Gasteiger partial charge in [0.25, 0.3) is 0 Å². The van der Waals surface area contributed by atoms with Crippen LogP contribution in [0.2, 0.25) is 0 Å². The van der Waals surface area contributed by atoms with E-state index in [1.165, 1.54) is 31.4 Å². The third-order valence-corrected chi connectivity index (χ3v) is 4.46. The Bertz CT molecular complexity index is 446. The summed E-state index contributed by atoms with van der Waals surface area (Å²) in [5.74, 6) is 3.61. The highest BCUT2D eigenvalue weighted by molar-refractivity contribution is 5.56. The van der Waals surface area contributed by atoms with Crippen molar-refractivity contribution in [2.45, 2.75) is 31.7 Å². The molecule has 0 spiro atoms. The fraction of sp³-hybridized carbons (Fsp3) is 0.571. The van der Waals surface area contributed by atoms with Crippen LogP contribution in [0.25, 0.3) is 0 Å². The van der Waals surface area contributed by atoms with E-state index in [9.17, 15) is 0 Å². The Kier molecular flexibility index (Phi) is 2.01. The van der Waals surface area contributed by atoms with Gasteiger partial charge in [0, 0.05) is 17.8 Å². The summed E-state index contributed by atoms with van der Waals surface area (Å²) in [6, 6.07) is 6.83. The van der Waals surface area contributed by atoms with E-state index < -0.39 is 0 Å². The molecule has 1 aliphatic heterocycles. The van der Waals surface area contributed by atoms with Gasteiger partial charge < -0.3 is 14.8 Å². The first-order chi connectivity index (χ1) is 8.38. The van der Waals surface area contributed by atoms with Crippen molar-refractivity contribution in [2.24, 2.45) is 11.8 Å². The highest BCUT2D eigenvalue weighted by Gasteiger charge is 2.39. The normalized spacial score (nSPS) is 33.1. The van der Waals surface area contributed by atoms with Gasteiger partial charge in [-0.25, -0.2) is 0 Å². The third-order valence-electron chi connectivity index (χ3n) is 4.46. The van der Waals surface area contributed by atoms with Crippen LogP contribution >= 0.6 is 0 Å². The maximum absolute atomic E-state index is 5.40. The van der Waals surface area contributed by atoms with E-state index in [0.717, 1.165) is 23.3 Å². The van der Waals surface area contributed by atoms with Gasteiger partial charge in [-0.15, -0.1) is 0 Å². The van der Waals surface area contributed by atoms with Gasteiger partial charge in [-0.1, -0.05) is 6.42 Å². The summed E-state index contributed by atoms with van der Waals surface area (Å²) in [5, 5.41) is 3.67. The predicted octanol–water partition coefficient (Wildman–Crippen LogP) is 3.02. The Balaban J connectivity index is 1.52. The molecular formula is C14H17NO2. The number of hydrogen-bond acceptors (Lipinski definition) is 3. The van der Waals surface area contributed by atoms with Crippen LogP contribution in [0.5, 0.6) is 11.5 Å². The molecule has 3 aliphatic rings. The van der Waals surface area contributed by atoms with Crippen molar-refractivity contribution in [1.82, 2.24) is 0 Å². The quantitative estimate of drug-likeness (QED) is 0.848. The number of nitrogens with one attached hydrogen (secondary N) is 1. The number of ether oxygens (including phenoxy) is 2. The van der Waals surface area contributed by atoms with Gasteiger partial charge >= 0.3 is 0 Å². The Labute approximate surface area is 101 Å². The summed E-state index contributed by atoms with van der Waals surface area (Å²) in [5.41, 5.74) is 1.17. The molecule has 3 heteroatoms. The molecule has 17 heavy (non-hydrogen) atoms. The zero-order valence-electron chi connectivity index (χ0n) is 9.82. The minimum atomic E-state index is 0.354. The molecule has 0 unspecified atom stereocenters. The maximum Gasteiger partial charge on any atom is 0.231 e. The molecule has 2 fully saturated rings. The smallest absolute Gasteiger partial charge is 0.231 e. The van der Waals surface area contributed by atoms with Gasteiger partial charge in [-0.2, -0.15) is 0 Å². The highest BCUT2D eigenvalue weighted by Crippen LogP contribution is 2.46. The van der Waals surface area contributed by atoms with Gasteiger partial charge in [0.1, 0.15) is 0 Å². The molecule has 1 N–H and O–H groups in total. The predicted molar refractivity (Wildman–Crippen MR) is 65.4 cm³/mol. The first kappa shape index (κ1) is 9.63. The Morgan fingerprint density at radius 1 is 1.06 bits per heavy atom. The lowest BCUT2D eigenvalue weighted by molar-refractivity contribution is 0.174. The van der Waals surface area contributed by atoms with Crippen molar-refractivity contribution in [3.8, 4) is 11.5 Å². The van der Waals surface area contributed by atoms with E-state index in [2.05, 4.69) is 17.4 Å². The first-order valence-corrected chi connectivity index (χ1v) is 6.55. The molecule has 4 rings (SSSR count). The molecule has 3 atom stereocenters. The van der Waals surface area contributed by atoms with E-state index in [4.69, 9.17) is 9.47 Å². The Morgan fingerprint density at radius 3 is 2.82 bits per heavy atom. The SMILES string of the molecule is c1cc2c(cc1N[C@H]1C[C@@H]3CC[C@H]1C3)OCO2. The van der Waals surface area contributed by atoms with Crippen LogP contribution in [0.15, 0.2) is 18.2 Å². The summed E-state index contributed by atoms with van der Waals surface area (Å²) in [6.07, 6.45) is 5.64. The van der Waals surface area contributed by atoms with Gasteiger partial charge in [-0.3, -0.25) is 0 Å². The average molecular weight is 231 g/mol. The van der Waals surface area contributed by atoms with E-state index in [1.807, 2.05) is 6.07 Å². The minimum Gasteiger partial charge on any atom is -0.454 e. The lowest BCUT2D eigenvalue weighted by Crippen LogP contribution is -2.25. The van der Waals surface area contributed by atoms with E-state index in [-0.39, 0.29) is 0 Å². The van der Waals surface area contributed by atoms with Gasteiger partial charge in [-0.05, 0) is 43.2 Å². The summed E-state index contributed by atoms with van der Waals surface area (Å²) >= 11 is 0. The number of rotatable bonds is 2. The van der Waals surface area contributed by atoms with Crippen LogP contribution in [-0.4, -0.2) is 12.8 Å². The number of benzene rings is 1. The molecule has 0 radical (unpaired) electrons. The number of anilines is 1. The van der Waals surface area contributed by atoms with Gasteiger partial charge in [0.15, 0.2) is 11.5 Å². The molecule has 0 amide bonds. The van der Waals surface area contributed by atoms with Crippen LogP contribution in [0.3, 0.4) is 0 Å². The van der Waals surface area contributed by atoms with Crippen molar-refractivity contribution < 1.29 is 9.47 Å². The van der Waals surface area contributed by atoms with Crippen molar-refractivity contribution in [3.05, 3.63) is 18.2 Å². The largest absolute Gasteiger partial charge is 0.454 e. The minimum absolute atomic E-state index is 0.354. The average Bonchev–Trinajstić information content (AvgIpc) is 3.03. The second-order valence-corrected chi connectivity index (χ2v) is 5.49. The van der Waals surface area contributed by atoms with E-state index in [0.29, 0.717) is 12.8 Å². The van der Waals surface area contributed by atoms with Crippen molar-refractivity contribution >= 4 is 5.69 Å². The van der Waals surface area contributed by atoms with Gasteiger partial charge in [0.2, 0.25) is 6.79 Å². The monoisotopic (exact) mass is 231 g/mol. The topological polar surface area (TPSA) is 30.5 Å². The Morgan fingerprint density at radius 2 is 2.00 bits per heavy atom. The molecule has 0 saturated heterocycles. The molecule has 2 bridgehead atoms. The number of hydrogen-bond donors (Lipinski definition) is 1. The van der Waals surface area contributed by atoms with Crippen LogP contribution in [0, 0.1) is 11.8 Å². The number of fused-ring (bicyclic) bond motifs is 3. The van der Waals surface area contributed by atoms with Crippen LogP contribution in [0.1, 0.15) is 25.7 Å². The first-order valence-electron chi connectivity index (χ1n) is 6.55. The molecular weight excluding hydrogens is 214 g/mol. The zero-order valence-corrected chi connectivity index (χ0v) is 9.82. The van der Waals surface area contributed by atoms with Crippen LogP contribution < -0.4 is 14.8 Å². The van der Waals surface area contributed by atoms with Crippen molar-refractivity contribution in [2.75, 3.05) is 12.1 Å². The van der Waals surface area contributed by atoms with Crippen molar-refractivity contribution in [1.29, 1.82) is 0 Å². The fourth-order valence-electron chi connectivity index (χ4n) is 3.62. The summed E-state index contributed by atoms with van der Waals surface area (Å²) in [4.78, 5) is 0. The van der Waals surface area contributed by atoms with E-state index >= 15 is 0 Å².